The fourth-order valence-electron chi connectivity index (χ4n) is 2.36. The van der Waals surface area contributed by atoms with Crippen molar-refractivity contribution in [1.82, 2.24) is 10.3 Å². The third-order valence-corrected chi connectivity index (χ3v) is 4.37. The molecule has 0 radical (unpaired) electrons. The minimum Gasteiger partial charge on any atom is -0.454 e. The molecule has 1 aromatic heterocycles. The van der Waals surface area contributed by atoms with Crippen LogP contribution >= 0.6 is 23.7 Å². The number of nitrogens with zero attached hydrogens (tertiary/aromatic N) is 1. The monoisotopic (exact) mass is 326 g/mol. The van der Waals surface area contributed by atoms with E-state index in [1.165, 1.54) is 0 Å². The molecule has 2 aromatic rings. The Labute approximate surface area is 132 Å². The van der Waals surface area contributed by atoms with Gasteiger partial charge in [0.1, 0.15) is 5.01 Å². The van der Waals surface area contributed by atoms with Gasteiger partial charge in [-0.25, -0.2) is 4.98 Å². The zero-order chi connectivity index (χ0) is 13.4. The van der Waals surface area contributed by atoms with Gasteiger partial charge in [-0.3, -0.25) is 0 Å². The Morgan fingerprint density at radius 3 is 3.00 bits per heavy atom. The fraction of sp³-hybridized carbons (Fsp3) is 0.357. The van der Waals surface area contributed by atoms with E-state index in [4.69, 9.17) is 19.2 Å². The Morgan fingerprint density at radius 2 is 2.14 bits per heavy atom. The normalized spacial score (nSPS) is 20.1. The molecule has 4 rings (SSSR count). The van der Waals surface area contributed by atoms with Gasteiger partial charge in [-0.15, -0.1) is 23.7 Å². The van der Waals surface area contributed by atoms with Gasteiger partial charge >= 0.3 is 0 Å². The summed E-state index contributed by atoms with van der Waals surface area (Å²) in [4.78, 5) is 4.71. The zero-order valence-electron chi connectivity index (χ0n) is 11.2. The molecule has 0 saturated carbocycles. The molecular formula is C14H15ClN2O3S. The number of thiazole rings is 1. The summed E-state index contributed by atoms with van der Waals surface area (Å²) in [6.07, 6.45) is 0. The van der Waals surface area contributed by atoms with E-state index in [9.17, 15) is 0 Å². The lowest BCUT2D eigenvalue weighted by Crippen LogP contribution is -2.34. The number of hydrogen-bond donors (Lipinski definition) is 1. The van der Waals surface area contributed by atoms with Crippen LogP contribution in [0.5, 0.6) is 11.5 Å². The molecule has 1 fully saturated rings. The number of fused-ring (bicyclic) bond motifs is 1. The van der Waals surface area contributed by atoms with E-state index >= 15 is 0 Å². The highest BCUT2D eigenvalue weighted by molar-refractivity contribution is 7.10. The minimum atomic E-state index is 0. The molecule has 5 nitrogen and oxygen atoms in total. The van der Waals surface area contributed by atoms with Crippen molar-refractivity contribution in [2.75, 3.05) is 26.6 Å². The molecule has 21 heavy (non-hydrogen) atoms. The molecular weight excluding hydrogens is 312 g/mol. The molecule has 7 heteroatoms. The molecule has 1 saturated heterocycles. The first-order chi connectivity index (χ1) is 9.90. The fourth-order valence-corrected chi connectivity index (χ4v) is 3.25. The van der Waals surface area contributed by atoms with E-state index in [0.29, 0.717) is 13.4 Å². The van der Waals surface area contributed by atoms with E-state index < -0.39 is 0 Å². The maximum atomic E-state index is 5.48. The summed E-state index contributed by atoms with van der Waals surface area (Å²) >= 11 is 1.66. The second-order valence-electron chi connectivity index (χ2n) is 4.72. The van der Waals surface area contributed by atoms with Crippen LogP contribution in [-0.4, -0.2) is 31.5 Å². The highest BCUT2D eigenvalue weighted by Gasteiger charge is 2.20. The Hall–Kier alpha value is -1.34. The molecule has 1 atom stereocenters. The number of morpholine rings is 1. The molecule has 2 aliphatic heterocycles. The van der Waals surface area contributed by atoms with Crippen LogP contribution < -0.4 is 14.8 Å². The molecule has 0 bridgehead atoms. The van der Waals surface area contributed by atoms with E-state index in [1.54, 1.807) is 11.3 Å². The van der Waals surface area contributed by atoms with Crippen molar-refractivity contribution in [1.29, 1.82) is 0 Å². The molecule has 3 heterocycles. The topological polar surface area (TPSA) is 52.6 Å². The second kappa shape index (κ2) is 6.19. The number of hydrogen-bond acceptors (Lipinski definition) is 6. The van der Waals surface area contributed by atoms with Crippen LogP contribution in [0.15, 0.2) is 23.6 Å². The number of nitrogens with one attached hydrogen (secondary N) is 1. The lowest BCUT2D eigenvalue weighted by atomic mass is 10.1. The number of ether oxygens (including phenoxy) is 3. The maximum Gasteiger partial charge on any atom is 0.231 e. The summed E-state index contributed by atoms with van der Waals surface area (Å²) < 4.78 is 16.2. The van der Waals surface area contributed by atoms with Gasteiger partial charge in [-0.1, -0.05) is 0 Å². The average Bonchev–Trinajstić information content (AvgIpc) is 3.16. The summed E-state index contributed by atoms with van der Waals surface area (Å²) in [7, 11) is 0. The van der Waals surface area contributed by atoms with Crippen LogP contribution in [0.1, 0.15) is 11.0 Å². The van der Waals surface area contributed by atoms with Crippen LogP contribution in [0.4, 0.5) is 0 Å². The van der Waals surface area contributed by atoms with Crippen molar-refractivity contribution in [3.63, 3.8) is 0 Å². The molecule has 1 aromatic carbocycles. The van der Waals surface area contributed by atoms with Crippen LogP contribution in [0.25, 0.3) is 11.3 Å². The highest BCUT2D eigenvalue weighted by atomic mass is 35.5. The number of aromatic nitrogens is 1. The highest BCUT2D eigenvalue weighted by Crippen LogP contribution is 2.36. The largest absolute Gasteiger partial charge is 0.454 e. The third-order valence-electron chi connectivity index (χ3n) is 3.41. The third kappa shape index (κ3) is 2.85. The van der Waals surface area contributed by atoms with E-state index in [-0.39, 0.29) is 18.4 Å². The van der Waals surface area contributed by atoms with Gasteiger partial charge in [0, 0.05) is 17.5 Å². The molecule has 2 aliphatic rings. The van der Waals surface area contributed by atoms with E-state index in [1.807, 2.05) is 18.2 Å². The van der Waals surface area contributed by atoms with E-state index in [0.717, 1.165) is 40.9 Å². The zero-order valence-corrected chi connectivity index (χ0v) is 12.8. The molecule has 1 unspecified atom stereocenters. The van der Waals surface area contributed by atoms with Crippen molar-refractivity contribution in [2.24, 2.45) is 0 Å². The molecule has 0 spiro atoms. The van der Waals surface area contributed by atoms with Crippen LogP contribution in [0.3, 0.4) is 0 Å². The van der Waals surface area contributed by atoms with Gasteiger partial charge in [0.05, 0.1) is 24.9 Å². The van der Waals surface area contributed by atoms with Gasteiger partial charge in [0.15, 0.2) is 11.5 Å². The maximum absolute atomic E-state index is 5.48. The molecule has 0 amide bonds. The van der Waals surface area contributed by atoms with Crippen molar-refractivity contribution in [3.8, 4) is 22.8 Å². The number of benzene rings is 1. The summed E-state index contributed by atoms with van der Waals surface area (Å²) in [5, 5.41) is 6.56. The van der Waals surface area contributed by atoms with Crippen LogP contribution in [-0.2, 0) is 4.74 Å². The Bertz CT molecular complexity index is 628. The molecule has 1 N–H and O–H groups in total. The van der Waals surface area contributed by atoms with Gasteiger partial charge in [-0.2, -0.15) is 0 Å². The summed E-state index contributed by atoms with van der Waals surface area (Å²) in [5.41, 5.74) is 2.02. The Kier molecular flexibility index (Phi) is 4.30. The second-order valence-corrected chi connectivity index (χ2v) is 5.61. The Balaban J connectivity index is 0.00000132. The van der Waals surface area contributed by atoms with Gasteiger partial charge < -0.3 is 19.5 Å². The average molecular weight is 327 g/mol. The minimum absolute atomic E-state index is 0. The predicted molar refractivity (Wildman–Crippen MR) is 82.5 cm³/mol. The standard InChI is InChI=1S/C14H14N2O3S.ClH/c1-2-12-13(19-8-18-12)5-9(1)11-7-20-14(16-11)10-6-17-4-3-15-10;/h1-2,5,7,10,15H,3-4,6,8H2;1H. The van der Waals surface area contributed by atoms with Crippen LogP contribution in [0.2, 0.25) is 0 Å². The van der Waals surface area contributed by atoms with Crippen molar-refractivity contribution in [2.45, 2.75) is 6.04 Å². The Morgan fingerprint density at radius 1 is 1.24 bits per heavy atom. The van der Waals surface area contributed by atoms with Gasteiger partial charge in [0.2, 0.25) is 6.79 Å². The van der Waals surface area contributed by atoms with Crippen molar-refractivity contribution in [3.05, 3.63) is 28.6 Å². The first-order valence-electron chi connectivity index (χ1n) is 6.57. The smallest absolute Gasteiger partial charge is 0.231 e. The summed E-state index contributed by atoms with van der Waals surface area (Å²) in [6.45, 7) is 2.64. The SMILES string of the molecule is Cl.c1cc2c(cc1-c1csc(C3COCCN3)n1)OCO2. The first kappa shape index (κ1) is 14.6. The first-order valence-corrected chi connectivity index (χ1v) is 7.45. The number of rotatable bonds is 2. The van der Waals surface area contributed by atoms with Gasteiger partial charge in [-0.05, 0) is 18.2 Å². The quantitative estimate of drug-likeness (QED) is 0.919. The lowest BCUT2D eigenvalue weighted by molar-refractivity contribution is 0.0768. The van der Waals surface area contributed by atoms with Crippen molar-refractivity contribution < 1.29 is 14.2 Å². The van der Waals surface area contributed by atoms with Gasteiger partial charge in [0.25, 0.3) is 0 Å². The van der Waals surface area contributed by atoms with E-state index in [2.05, 4.69) is 10.7 Å². The lowest BCUT2D eigenvalue weighted by Gasteiger charge is -2.21. The van der Waals surface area contributed by atoms with Crippen molar-refractivity contribution >= 4 is 23.7 Å². The van der Waals surface area contributed by atoms with Crippen LogP contribution in [0, 0.1) is 0 Å². The molecule has 0 aliphatic carbocycles. The summed E-state index contributed by atoms with van der Waals surface area (Å²) in [6, 6.07) is 6.12. The predicted octanol–water partition coefficient (Wildman–Crippen LogP) is 2.62. The summed E-state index contributed by atoms with van der Waals surface area (Å²) in [5.74, 6) is 1.59. The molecule has 112 valence electrons. The number of halogens is 1.